The van der Waals surface area contributed by atoms with E-state index in [0.717, 1.165) is 0 Å². The Morgan fingerprint density at radius 1 is 1.26 bits per heavy atom. The molecule has 0 radical (unpaired) electrons. The number of fused-ring (bicyclic) bond motifs is 1. The molecule has 0 aliphatic heterocycles. The lowest BCUT2D eigenvalue weighted by Crippen LogP contribution is -2.19. The van der Waals surface area contributed by atoms with Crippen molar-refractivity contribution in [2.75, 3.05) is 0 Å². The van der Waals surface area contributed by atoms with E-state index in [1.54, 1.807) is 10.6 Å². The molecule has 1 N–H and O–H groups in total. The number of nitrogens with zero attached hydrogens (tertiary/aromatic N) is 1. The average molecular weight is 300 g/mol. The van der Waals surface area contributed by atoms with Crippen LogP contribution in [0, 0.1) is 0 Å². The lowest BCUT2D eigenvalue weighted by molar-refractivity contribution is 0.0695. The zero-order valence-electron chi connectivity index (χ0n) is 10.3. The van der Waals surface area contributed by atoms with Gasteiger partial charge < -0.3 is 9.67 Å². The molecule has 100 valence electrons. The monoisotopic (exact) mass is 299 g/mol. The van der Waals surface area contributed by atoms with Crippen molar-refractivity contribution in [2.24, 2.45) is 0 Å². The van der Waals surface area contributed by atoms with Crippen LogP contribution in [0.25, 0.3) is 10.9 Å². The van der Waals surface area contributed by atoms with Gasteiger partial charge >= 0.3 is 5.97 Å². The lowest BCUT2D eigenvalue weighted by atomic mass is 10.1. The number of carboxylic acids is 1. The van der Waals surface area contributed by atoms with E-state index in [-0.39, 0.29) is 22.0 Å². The standard InChI is InChI=1S/C13H11Cl2NO3/c1-6(2)16-5-8(13(18)19)12(17)7-3-9(14)10(15)4-11(7)16/h3-6H,1-2H3,(H,18,19). The Kier molecular flexibility index (Phi) is 3.56. The number of benzene rings is 1. The lowest BCUT2D eigenvalue weighted by Gasteiger charge is -2.16. The van der Waals surface area contributed by atoms with E-state index in [0.29, 0.717) is 10.5 Å². The first-order valence-corrected chi connectivity index (χ1v) is 6.35. The van der Waals surface area contributed by atoms with Gasteiger partial charge in [-0.2, -0.15) is 0 Å². The highest BCUT2D eigenvalue weighted by atomic mass is 35.5. The van der Waals surface area contributed by atoms with Gasteiger partial charge in [0, 0.05) is 17.6 Å². The molecule has 19 heavy (non-hydrogen) atoms. The van der Waals surface area contributed by atoms with Gasteiger partial charge in [0.15, 0.2) is 0 Å². The molecule has 2 rings (SSSR count). The fourth-order valence-corrected chi connectivity index (χ4v) is 2.25. The fraction of sp³-hybridized carbons (Fsp3) is 0.231. The van der Waals surface area contributed by atoms with E-state index in [2.05, 4.69) is 0 Å². The Hall–Kier alpha value is -1.52. The van der Waals surface area contributed by atoms with E-state index in [1.165, 1.54) is 12.3 Å². The molecule has 6 heteroatoms. The Bertz CT molecular complexity index is 735. The maximum Gasteiger partial charge on any atom is 0.341 e. The maximum absolute atomic E-state index is 12.1. The number of pyridine rings is 1. The van der Waals surface area contributed by atoms with Crippen molar-refractivity contribution >= 4 is 40.1 Å². The highest BCUT2D eigenvalue weighted by molar-refractivity contribution is 6.42. The van der Waals surface area contributed by atoms with Crippen molar-refractivity contribution in [1.82, 2.24) is 4.57 Å². The third kappa shape index (κ3) is 2.33. The number of aromatic nitrogens is 1. The summed E-state index contributed by atoms with van der Waals surface area (Å²) in [6.07, 6.45) is 1.34. The number of rotatable bonds is 2. The summed E-state index contributed by atoms with van der Waals surface area (Å²) >= 11 is 11.9. The summed E-state index contributed by atoms with van der Waals surface area (Å²) in [5.41, 5.74) is -0.267. The Morgan fingerprint density at radius 2 is 1.84 bits per heavy atom. The molecule has 0 fully saturated rings. The second-order valence-electron chi connectivity index (χ2n) is 4.46. The highest BCUT2D eigenvalue weighted by Gasteiger charge is 2.17. The molecule has 0 aliphatic rings. The summed E-state index contributed by atoms with van der Waals surface area (Å²) < 4.78 is 1.70. The van der Waals surface area contributed by atoms with Crippen LogP contribution < -0.4 is 5.43 Å². The number of carboxylic acid groups (broad SMARTS) is 1. The van der Waals surface area contributed by atoms with Crippen LogP contribution in [0.4, 0.5) is 0 Å². The molecule has 4 nitrogen and oxygen atoms in total. The molecule has 0 saturated heterocycles. The van der Waals surface area contributed by atoms with Gasteiger partial charge in [0.2, 0.25) is 5.43 Å². The molecule has 0 unspecified atom stereocenters. The minimum absolute atomic E-state index is 0.0153. The van der Waals surface area contributed by atoms with Gasteiger partial charge in [-0.05, 0) is 26.0 Å². The third-order valence-corrected chi connectivity index (χ3v) is 3.58. The van der Waals surface area contributed by atoms with Crippen LogP contribution in [0.1, 0.15) is 30.2 Å². The summed E-state index contributed by atoms with van der Waals surface area (Å²) in [4.78, 5) is 23.2. The van der Waals surface area contributed by atoms with E-state index in [1.807, 2.05) is 13.8 Å². The van der Waals surface area contributed by atoms with Crippen molar-refractivity contribution in [1.29, 1.82) is 0 Å². The first kappa shape index (κ1) is 13.9. The number of hydrogen-bond donors (Lipinski definition) is 1. The molecular formula is C13H11Cl2NO3. The van der Waals surface area contributed by atoms with E-state index < -0.39 is 11.4 Å². The van der Waals surface area contributed by atoms with Crippen LogP contribution in [0.5, 0.6) is 0 Å². The average Bonchev–Trinajstić information content (AvgIpc) is 2.31. The predicted octanol–water partition coefficient (Wildman–Crippen LogP) is 3.59. The summed E-state index contributed by atoms with van der Waals surface area (Å²) in [6, 6.07) is 2.97. The number of hydrogen-bond acceptors (Lipinski definition) is 2. The van der Waals surface area contributed by atoms with Crippen molar-refractivity contribution in [3.8, 4) is 0 Å². The van der Waals surface area contributed by atoms with Crippen LogP contribution in [-0.4, -0.2) is 15.6 Å². The van der Waals surface area contributed by atoms with Crippen molar-refractivity contribution in [2.45, 2.75) is 19.9 Å². The van der Waals surface area contributed by atoms with Crippen LogP contribution >= 0.6 is 23.2 Å². The largest absolute Gasteiger partial charge is 0.477 e. The predicted molar refractivity (Wildman–Crippen MR) is 75.6 cm³/mol. The maximum atomic E-state index is 12.1. The summed E-state index contributed by atoms with van der Waals surface area (Å²) in [6.45, 7) is 3.77. The summed E-state index contributed by atoms with van der Waals surface area (Å²) in [5.74, 6) is -1.26. The third-order valence-electron chi connectivity index (χ3n) is 2.86. The van der Waals surface area contributed by atoms with E-state index in [4.69, 9.17) is 28.3 Å². The number of aromatic carboxylic acids is 1. The molecule has 0 atom stereocenters. The second kappa shape index (κ2) is 4.87. The fourth-order valence-electron chi connectivity index (χ4n) is 1.92. The van der Waals surface area contributed by atoms with Gasteiger partial charge in [-0.1, -0.05) is 23.2 Å². The van der Waals surface area contributed by atoms with Crippen LogP contribution in [0.2, 0.25) is 10.0 Å². The Balaban J connectivity index is 3.01. The van der Waals surface area contributed by atoms with Crippen LogP contribution in [-0.2, 0) is 0 Å². The van der Waals surface area contributed by atoms with E-state index in [9.17, 15) is 9.59 Å². The smallest absolute Gasteiger partial charge is 0.341 e. The molecule has 0 saturated carbocycles. The first-order chi connectivity index (χ1) is 8.82. The zero-order valence-corrected chi connectivity index (χ0v) is 11.8. The number of carbonyl (C=O) groups is 1. The summed E-state index contributed by atoms with van der Waals surface area (Å²) in [7, 11) is 0. The van der Waals surface area contributed by atoms with Gasteiger partial charge in [-0.15, -0.1) is 0 Å². The molecule has 2 aromatic rings. The SMILES string of the molecule is CC(C)n1cc(C(=O)O)c(=O)c2cc(Cl)c(Cl)cc21. The van der Waals surface area contributed by atoms with Gasteiger partial charge in [0.05, 0.1) is 15.6 Å². The van der Waals surface area contributed by atoms with E-state index >= 15 is 0 Å². The first-order valence-electron chi connectivity index (χ1n) is 5.60. The highest BCUT2D eigenvalue weighted by Crippen LogP contribution is 2.28. The van der Waals surface area contributed by atoms with Crippen molar-refractivity contribution in [3.63, 3.8) is 0 Å². The van der Waals surface area contributed by atoms with Crippen LogP contribution in [0.15, 0.2) is 23.1 Å². The molecular weight excluding hydrogens is 289 g/mol. The quantitative estimate of drug-likeness (QED) is 0.922. The van der Waals surface area contributed by atoms with Crippen LogP contribution in [0.3, 0.4) is 0 Å². The molecule has 0 spiro atoms. The minimum atomic E-state index is -1.26. The minimum Gasteiger partial charge on any atom is -0.477 e. The molecule has 0 aliphatic carbocycles. The van der Waals surface area contributed by atoms with Gasteiger partial charge in [-0.3, -0.25) is 4.79 Å². The number of halogens is 2. The van der Waals surface area contributed by atoms with Crippen molar-refractivity contribution < 1.29 is 9.90 Å². The molecule has 0 bridgehead atoms. The van der Waals surface area contributed by atoms with Gasteiger partial charge in [0.25, 0.3) is 0 Å². The molecule has 0 amide bonds. The van der Waals surface area contributed by atoms with Crippen molar-refractivity contribution in [3.05, 3.63) is 44.2 Å². The Labute approximate surface area is 119 Å². The zero-order chi connectivity index (χ0) is 14.3. The molecule has 1 heterocycles. The molecule has 1 aromatic carbocycles. The normalized spacial score (nSPS) is 11.2. The second-order valence-corrected chi connectivity index (χ2v) is 5.28. The summed E-state index contributed by atoms with van der Waals surface area (Å²) in [5, 5.41) is 9.89. The molecule has 1 aromatic heterocycles. The topological polar surface area (TPSA) is 59.3 Å². The van der Waals surface area contributed by atoms with Gasteiger partial charge in [0.1, 0.15) is 5.56 Å². The Morgan fingerprint density at radius 3 is 2.37 bits per heavy atom. The van der Waals surface area contributed by atoms with Gasteiger partial charge in [-0.25, -0.2) is 4.79 Å².